The Morgan fingerprint density at radius 2 is 1.72 bits per heavy atom. The van der Waals surface area contributed by atoms with Crippen molar-refractivity contribution in [2.75, 3.05) is 5.75 Å². The van der Waals surface area contributed by atoms with Gasteiger partial charge in [-0.2, -0.15) is 13.2 Å². The number of aliphatic imine (C=N–C) groups is 1. The van der Waals surface area contributed by atoms with E-state index in [-0.39, 0.29) is 33.4 Å². The van der Waals surface area contributed by atoms with E-state index in [1.165, 1.54) is 39.8 Å². The first-order valence-corrected chi connectivity index (χ1v) is 11.1. The Morgan fingerprint density at radius 1 is 1.16 bits per heavy atom. The molecule has 0 unspecified atom stereocenters. The van der Waals surface area contributed by atoms with E-state index in [1.54, 1.807) is 21.0 Å². The number of alkyl halides is 3. The van der Waals surface area contributed by atoms with Crippen LogP contribution < -0.4 is 5.69 Å². The summed E-state index contributed by atoms with van der Waals surface area (Å²) in [5, 5.41) is 0. The zero-order chi connectivity index (χ0) is 24.2. The molecule has 0 N–H and O–H groups in total. The van der Waals surface area contributed by atoms with E-state index in [0.29, 0.717) is 16.7 Å². The van der Waals surface area contributed by atoms with Crippen molar-refractivity contribution in [1.82, 2.24) is 18.7 Å². The van der Waals surface area contributed by atoms with E-state index in [2.05, 4.69) is 16.7 Å². The van der Waals surface area contributed by atoms with Gasteiger partial charge in [0.25, 0.3) is 0 Å². The molecule has 0 spiro atoms. The standard InChI is InChI=1S/C20H22F3N5O3S/c1-7-32(30,31)16-10-15-14(27(5)19(29)28(15)6)8-12(16)18-25-13(11(2)26(18)4)9-17(24-3)20(21,22)23/h8-10H,3,7H2,1-2,4-6H3/b17-9-. The summed E-state index contributed by atoms with van der Waals surface area (Å²) in [6.07, 6.45) is -3.96. The van der Waals surface area contributed by atoms with E-state index >= 15 is 0 Å². The first-order chi connectivity index (χ1) is 14.7. The van der Waals surface area contributed by atoms with Crippen molar-refractivity contribution in [1.29, 1.82) is 0 Å². The zero-order valence-electron chi connectivity index (χ0n) is 18.1. The predicted octanol–water partition coefficient (Wildman–Crippen LogP) is 2.98. The lowest BCUT2D eigenvalue weighted by Crippen LogP contribution is -2.19. The van der Waals surface area contributed by atoms with Crippen LogP contribution in [0.1, 0.15) is 18.3 Å². The normalized spacial score (nSPS) is 13.2. The van der Waals surface area contributed by atoms with Crippen molar-refractivity contribution in [2.45, 2.75) is 24.9 Å². The number of halogens is 3. The molecule has 32 heavy (non-hydrogen) atoms. The molecule has 3 rings (SSSR count). The van der Waals surface area contributed by atoms with Gasteiger partial charge in [0.1, 0.15) is 11.5 Å². The van der Waals surface area contributed by atoms with Gasteiger partial charge >= 0.3 is 11.9 Å². The summed E-state index contributed by atoms with van der Waals surface area (Å²) in [4.78, 5) is 19.6. The molecule has 0 aliphatic carbocycles. The van der Waals surface area contributed by atoms with Crippen LogP contribution in [0, 0.1) is 6.92 Å². The molecule has 0 amide bonds. The van der Waals surface area contributed by atoms with Crippen LogP contribution in [0.2, 0.25) is 0 Å². The lowest BCUT2D eigenvalue weighted by Gasteiger charge is -2.11. The molecule has 2 aromatic heterocycles. The first kappa shape index (κ1) is 23.5. The maximum atomic E-state index is 13.1. The van der Waals surface area contributed by atoms with Crippen molar-refractivity contribution in [3.05, 3.63) is 39.7 Å². The van der Waals surface area contributed by atoms with E-state index in [0.717, 1.165) is 6.08 Å². The minimum absolute atomic E-state index is 0.0240. The summed E-state index contributed by atoms with van der Waals surface area (Å²) in [6, 6.07) is 2.92. The number of nitrogens with zero attached hydrogens (tertiary/aromatic N) is 5. The number of imidazole rings is 2. The van der Waals surface area contributed by atoms with Crippen LogP contribution in [0.5, 0.6) is 0 Å². The van der Waals surface area contributed by atoms with Gasteiger partial charge in [-0.15, -0.1) is 0 Å². The van der Waals surface area contributed by atoms with Crippen molar-refractivity contribution in [2.24, 2.45) is 26.1 Å². The fraction of sp³-hybridized carbons (Fsp3) is 0.350. The Kier molecular flexibility index (Phi) is 5.71. The molecule has 2 heterocycles. The number of allylic oxidation sites excluding steroid dienone is 1. The fourth-order valence-corrected chi connectivity index (χ4v) is 4.53. The topological polar surface area (TPSA) is 91.2 Å². The average Bonchev–Trinajstić information content (AvgIpc) is 3.12. The monoisotopic (exact) mass is 469 g/mol. The Balaban J connectivity index is 2.41. The molecule has 12 heteroatoms. The summed E-state index contributed by atoms with van der Waals surface area (Å²) in [6.45, 7) is 6.01. The molecule has 172 valence electrons. The number of aryl methyl sites for hydroxylation is 2. The van der Waals surface area contributed by atoms with Crippen molar-refractivity contribution in [3.8, 4) is 11.4 Å². The third-order valence-corrected chi connectivity index (χ3v) is 7.25. The zero-order valence-corrected chi connectivity index (χ0v) is 19.0. The van der Waals surface area contributed by atoms with Gasteiger partial charge in [0.2, 0.25) is 0 Å². The van der Waals surface area contributed by atoms with Gasteiger partial charge in [-0.3, -0.25) is 14.1 Å². The molecular formula is C20H22F3N5O3S. The van der Waals surface area contributed by atoms with Crippen LogP contribution in [0.4, 0.5) is 13.2 Å². The van der Waals surface area contributed by atoms with Crippen LogP contribution in [-0.4, -0.2) is 45.7 Å². The van der Waals surface area contributed by atoms with Crippen LogP contribution in [-0.2, 0) is 31.0 Å². The lowest BCUT2D eigenvalue weighted by atomic mass is 10.2. The fourth-order valence-electron chi connectivity index (χ4n) is 3.44. The Labute approximate surface area is 182 Å². The number of hydrogen-bond donors (Lipinski definition) is 0. The maximum Gasteiger partial charge on any atom is 0.433 e. The SMILES string of the molecule is C=N/C(=C\c1nc(-c2cc3c(cc2S(=O)(=O)CC)n(C)c(=O)n3C)n(C)c1C)C(F)(F)F. The Hall–Kier alpha value is -3.15. The highest BCUT2D eigenvalue weighted by Gasteiger charge is 2.34. The van der Waals surface area contributed by atoms with Crippen LogP contribution >= 0.6 is 0 Å². The summed E-state index contributed by atoms with van der Waals surface area (Å²) >= 11 is 0. The molecular weight excluding hydrogens is 447 g/mol. The van der Waals surface area contributed by atoms with Crippen molar-refractivity contribution < 1.29 is 21.6 Å². The lowest BCUT2D eigenvalue weighted by molar-refractivity contribution is -0.0912. The molecule has 0 saturated heterocycles. The van der Waals surface area contributed by atoms with Gasteiger partial charge in [0, 0.05) is 32.4 Å². The van der Waals surface area contributed by atoms with Gasteiger partial charge in [-0.1, -0.05) is 6.92 Å². The predicted molar refractivity (Wildman–Crippen MR) is 116 cm³/mol. The highest BCUT2D eigenvalue weighted by atomic mass is 32.2. The van der Waals surface area contributed by atoms with Crippen LogP contribution in [0.25, 0.3) is 28.5 Å². The molecule has 0 saturated carbocycles. The van der Waals surface area contributed by atoms with Crippen molar-refractivity contribution in [3.63, 3.8) is 0 Å². The van der Waals surface area contributed by atoms with Gasteiger partial charge in [0.15, 0.2) is 9.84 Å². The van der Waals surface area contributed by atoms with Crippen LogP contribution in [0.15, 0.2) is 32.5 Å². The summed E-state index contributed by atoms with van der Waals surface area (Å²) in [5.41, 5.74) is -0.156. The third-order valence-electron chi connectivity index (χ3n) is 5.48. The third kappa shape index (κ3) is 3.68. The van der Waals surface area contributed by atoms with Gasteiger partial charge in [-0.25, -0.2) is 18.2 Å². The number of benzene rings is 1. The quantitative estimate of drug-likeness (QED) is 0.537. The minimum Gasteiger partial charge on any atom is -0.331 e. The van der Waals surface area contributed by atoms with Gasteiger partial charge in [-0.05, 0) is 31.9 Å². The second-order valence-electron chi connectivity index (χ2n) is 7.29. The summed E-state index contributed by atoms with van der Waals surface area (Å²) in [7, 11) is 0.884. The second-order valence-corrected chi connectivity index (χ2v) is 9.54. The van der Waals surface area contributed by atoms with E-state index < -0.39 is 21.7 Å². The summed E-state index contributed by atoms with van der Waals surface area (Å²) < 4.78 is 69.4. The second kappa shape index (κ2) is 7.76. The highest BCUT2D eigenvalue weighted by Crippen LogP contribution is 2.34. The number of fused-ring (bicyclic) bond motifs is 1. The average molecular weight is 469 g/mol. The molecule has 0 radical (unpaired) electrons. The molecule has 0 atom stereocenters. The number of hydrogen-bond acceptors (Lipinski definition) is 5. The molecule has 1 aromatic carbocycles. The van der Waals surface area contributed by atoms with Crippen LogP contribution in [0.3, 0.4) is 0 Å². The van der Waals surface area contributed by atoms with Crippen molar-refractivity contribution >= 4 is 33.7 Å². The van der Waals surface area contributed by atoms with E-state index in [9.17, 15) is 26.4 Å². The Morgan fingerprint density at radius 3 is 2.22 bits per heavy atom. The molecule has 0 aliphatic rings. The smallest absolute Gasteiger partial charge is 0.331 e. The number of rotatable bonds is 5. The van der Waals surface area contributed by atoms with Gasteiger partial charge in [0.05, 0.1) is 27.4 Å². The molecule has 0 fully saturated rings. The number of aromatic nitrogens is 4. The first-order valence-electron chi connectivity index (χ1n) is 9.46. The molecule has 3 aromatic rings. The molecule has 0 bridgehead atoms. The van der Waals surface area contributed by atoms with Gasteiger partial charge < -0.3 is 4.57 Å². The largest absolute Gasteiger partial charge is 0.433 e. The van der Waals surface area contributed by atoms with E-state index in [4.69, 9.17) is 0 Å². The van der Waals surface area contributed by atoms with E-state index in [1.807, 2.05) is 0 Å². The Bertz CT molecular complexity index is 1440. The molecule has 8 nitrogen and oxygen atoms in total. The number of sulfone groups is 1. The maximum absolute atomic E-state index is 13.1. The minimum atomic E-state index is -4.72. The molecule has 0 aliphatic heterocycles. The summed E-state index contributed by atoms with van der Waals surface area (Å²) in [5.74, 6) is -0.0642. The highest BCUT2D eigenvalue weighted by molar-refractivity contribution is 7.91.